The van der Waals surface area contributed by atoms with Gasteiger partial charge in [-0.2, -0.15) is 0 Å². The Balaban J connectivity index is 5.37. The maximum atomic E-state index is 12.7. The molecule has 0 aromatic carbocycles. The van der Waals surface area contributed by atoms with Crippen LogP contribution in [-0.4, -0.2) is 45.8 Å². The fourth-order valence-corrected chi connectivity index (χ4v) is 2.47. The summed E-state index contributed by atoms with van der Waals surface area (Å²) in [5.41, 5.74) is 0.648. The second kappa shape index (κ2) is 10.5. The average molecular weight is 374 g/mol. The van der Waals surface area contributed by atoms with E-state index in [0.717, 1.165) is 0 Å². The van der Waals surface area contributed by atoms with Crippen LogP contribution in [0.25, 0.3) is 0 Å². The summed E-state index contributed by atoms with van der Waals surface area (Å²) in [5.74, 6) is -3.24. The van der Waals surface area contributed by atoms with Gasteiger partial charge in [0.1, 0.15) is 17.7 Å². The lowest BCUT2D eigenvalue weighted by molar-refractivity contribution is -0.160. The second-order valence-electron chi connectivity index (χ2n) is 8.38. The summed E-state index contributed by atoms with van der Waals surface area (Å²) in [6, 6.07) is -0.888. The fraction of sp³-hybridized carbons (Fsp3) is 0.833. The number of aliphatic hydroxyl groups is 1. The van der Waals surface area contributed by atoms with Crippen LogP contribution >= 0.6 is 0 Å². The summed E-state index contributed by atoms with van der Waals surface area (Å²) in [4.78, 5) is 36.6. The number of amides is 2. The lowest BCUT2D eigenvalue weighted by atomic mass is 9.90. The van der Waals surface area contributed by atoms with Crippen LogP contribution < -0.4 is 10.8 Å². The molecule has 0 aliphatic heterocycles. The second-order valence-corrected chi connectivity index (χ2v) is 8.38. The number of esters is 1. The standard InChI is InChI=1S/C18H34N2O6/c1-10(2)8-12(14(21)16(23)20-25)15(22)19-13(9-11(3)4)17(24)26-18(5,6)7/h10-14,21,25H,8-9H2,1-7H3,(H,19,22)(H,20,23)/t12-,13+,14+/m1/s1. The summed E-state index contributed by atoms with van der Waals surface area (Å²) in [7, 11) is 0. The van der Waals surface area contributed by atoms with Crippen molar-refractivity contribution in [2.45, 2.75) is 79.1 Å². The van der Waals surface area contributed by atoms with E-state index in [4.69, 9.17) is 9.94 Å². The molecule has 0 aliphatic carbocycles. The van der Waals surface area contributed by atoms with Crippen molar-refractivity contribution < 1.29 is 29.4 Å². The largest absolute Gasteiger partial charge is 0.458 e. The molecule has 0 radical (unpaired) electrons. The van der Waals surface area contributed by atoms with Crippen molar-refractivity contribution in [2.24, 2.45) is 17.8 Å². The number of carbonyl (C=O) groups excluding carboxylic acids is 3. The molecule has 4 N–H and O–H groups in total. The monoisotopic (exact) mass is 374 g/mol. The molecule has 8 heteroatoms. The van der Waals surface area contributed by atoms with Crippen molar-refractivity contribution in [3.63, 3.8) is 0 Å². The van der Waals surface area contributed by atoms with Gasteiger partial charge in [0.25, 0.3) is 5.91 Å². The maximum absolute atomic E-state index is 12.7. The minimum Gasteiger partial charge on any atom is -0.458 e. The average Bonchev–Trinajstić information content (AvgIpc) is 2.47. The zero-order valence-corrected chi connectivity index (χ0v) is 16.8. The third-order valence-corrected chi connectivity index (χ3v) is 3.54. The topological polar surface area (TPSA) is 125 Å². The molecule has 152 valence electrons. The molecule has 0 unspecified atom stereocenters. The quantitative estimate of drug-likeness (QED) is 0.275. The van der Waals surface area contributed by atoms with Gasteiger partial charge in [-0.05, 0) is 45.4 Å². The molecule has 0 heterocycles. The highest BCUT2D eigenvalue weighted by molar-refractivity contribution is 5.91. The third kappa shape index (κ3) is 9.15. The number of hydrogen-bond acceptors (Lipinski definition) is 6. The fourth-order valence-electron chi connectivity index (χ4n) is 2.47. The molecule has 0 fully saturated rings. The molecule has 0 aliphatic rings. The summed E-state index contributed by atoms with van der Waals surface area (Å²) in [6.45, 7) is 12.7. The smallest absolute Gasteiger partial charge is 0.329 e. The molecule has 3 atom stereocenters. The van der Waals surface area contributed by atoms with Crippen molar-refractivity contribution in [1.82, 2.24) is 10.8 Å². The Morgan fingerprint density at radius 1 is 0.962 bits per heavy atom. The summed E-state index contributed by atoms with van der Waals surface area (Å²) in [6.07, 6.45) is -1.15. The molecule has 0 aromatic rings. The Hall–Kier alpha value is -1.67. The molecule has 2 amide bonds. The van der Waals surface area contributed by atoms with Gasteiger partial charge in [0.05, 0.1) is 5.92 Å². The van der Waals surface area contributed by atoms with Crippen molar-refractivity contribution >= 4 is 17.8 Å². The van der Waals surface area contributed by atoms with Crippen molar-refractivity contribution in [3.05, 3.63) is 0 Å². The number of aliphatic hydroxyl groups excluding tert-OH is 1. The van der Waals surface area contributed by atoms with Gasteiger partial charge in [-0.25, -0.2) is 10.3 Å². The molecule has 26 heavy (non-hydrogen) atoms. The Morgan fingerprint density at radius 3 is 1.85 bits per heavy atom. The van der Waals surface area contributed by atoms with Crippen LogP contribution in [0.3, 0.4) is 0 Å². The Bertz CT molecular complexity index is 485. The van der Waals surface area contributed by atoms with Crippen LogP contribution in [-0.2, 0) is 19.1 Å². The SMILES string of the molecule is CC(C)C[C@H](NC(=O)[C@H](CC(C)C)[C@H](O)C(=O)NO)C(=O)OC(C)(C)C. The predicted molar refractivity (Wildman–Crippen MR) is 96.1 cm³/mol. The molecular formula is C18H34N2O6. The van der Waals surface area contributed by atoms with E-state index in [1.807, 2.05) is 27.7 Å². The van der Waals surface area contributed by atoms with Crippen LogP contribution in [0.5, 0.6) is 0 Å². The van der Waals surface area contributed by atoms with Gasteiger partial charge < -0.3 is 15.2 Å². The normalized spacial score (nSPS) is 15.3. The summed E-state index contributed by atoms with van der Waals surface area (Å²) < 4.78 is 5.36. The lowest BCUT2D eigenvalue weighted by Crippen LogP contribution is -2.51. The third-order valence-electron chi connectivity index (χ3n) is 3.54. The van der Waals surface area contributed by atoms with Gasteiger partial charge in [-0.15, -0.1) is 0 Å². The van der Waals surface area contributed by atoms with Gasteiger partial charge in [0.15, 0.2) is 0 Å². The number of nitrogens with one attached hydrogen (secondary N) is 2. The number of ether oxygens (including phenoxy) is 1. The molecule has 0 spiro atoms. The van der Waals surface area contributed by atoms with Gasteiger partial charge in [-0.1, -0.05) is 27.7 Å². The maximum Gasteiger partial charge on any atom is 0.329 e. The van der Waals surface area contributed by atoms with Crippen LogP contribution in [0.1, 0.15) is 61.3 Å². The Labute approximate surface area is 155 Å². The highest BCUT2D eigenvalue weighted by atomic mass is 16.6. The predicted octanol–water partition coefficient (Wildman–Crippen LogP) is 1.39. The van der Waals surface area contributed by atoms with Gasteiger partial charge >= 0.3 is 5.97 Å². The molecule has 0 aromatic heterocycles. The number of carbonyl (C=O) groups is 3. The zero-order chi connectivity index (χ0) is 20.7. The highest BCUT2D eigenvalue weighted by Gasteiger charge is 2.35. The Kier molecular flexibility index (Phi) is 9.80. The first-order valence-corrected chi connectivity index (χ1v) is 8.93. The Morgan fingerprint density at radius 2 is 1.46 bits per heavy atom. The molecule has 0 rings (SSSR count). The summed E-state index contributed by atoms with van der Waals surface area (Å²) in [5, 5.41) is 21.4. The van der Waals surface area contributed by atoms with Crippen LogP contribution in [0, 0.1) is 17.8 Å². The molecule has 0 saturated heterocycles. The number of rotatable bonds is 9. The van der Waals surface area contributed by atoms with Crippen molar-refractivity contribution in [2.75, 3.05) is 0 Å². The van der Waals surface area contributed by atoms with Crippen LogP contribution in [0.2, 0.25) is 0 Å². The first-order chi connectivity index (χ1) is 11.8. The first kappa shape index (κ1) is 24.3. The molecule has 0 bridgehead atoms. The van der Waals surface area contributed by atoms with E-state index in [-0.39, 0.29) is 18.3 Å². The van der Waals surface area contributed by atoms with Crippen molar-refractivity contribution in [3.8, 4) is 0 Å². The number of hydrogen-bond donors (Lipinski definition) is 4. The minimum atomic E-state index is -1.72. The molecule has 0 saturated carbocycles. The van der Waals surface area contributed by atoms with E-state index < -0.39 is 41.4 Å². The van der Waals surface area contributed by atoms with Gasteiger partial charge in [-0.3, -0.25) is 14.8 Å². The molecule has 8 nitrogen and oxygen atoms in total. The van der Waals surface area contributed by atoms with Crippen LogP contribution in [0.15, 0.2) is 0 Å². The van der Waals surface area contributed by atoms with Crippen molar-refractivity contribution in [1.29, 1.82) is 0 Å². The zero-order valence-electron chi connectivity index (χ0n) is 16.8. The van der Waals surface area contributed by atoms with E-state index in [1.54, 1.807) is 20.8 Å². The van der Waals surface area contributed by atoms with E-state index >= 15 is 0 Å². The van der Waals surface area contributed by atoms with Gasteiger partial charge in [0, 0.05) is 0 Å². The van der Waals surface area contributed by atoms with Crippen LogP contribution in [0.4, 0.5) is 0 Å². The minimum absolute atomic E-state index is 0.0111. The lowest BCUT2D eigenvalue weighted by Gasteiger charge is -2.28. The highest BCUT2D eigenvalue weighted by Crippen LogP contribution is 2.19. The molecular weight excluding hydrogens is 340 g/mol. The first-order valence-electron chi connectivity index (χ1n) is 8.93. The number of hydroxylamine groups is 1. The van der Waals surface area contributed by atoms with E-state index in [1.165, 1.54) is 5.48 Å². The van der Waals surface area contributed by atoms with Gasteiger partial charge in [0.2, 0.25) is 5.91 Å². The van der Waals surface area contributed by atoms with E-state index in [9.17, 15) is 19.5 Å². The van der Waals surface area contributed by atoms with E-state index in [2.05, 4.69) is 5.32 Å². The summed E-state index contributed by atoms with van der Waals surface area (Å²) >= 11 is 0. The van der Waals surface area contributed by atoms with E-state index in [0.29, 0.717) is 6.42 Å².